The number of piperidine rings is 1. The lowest BCUT2D eigenvalue weighted by atomic mass is 9.58. The van der Waals surface area contributed by atoms with Crippen LogP contribution in [0.3, 0.4) is 0 Å². The van der Waals surface area contributed by atoms with Gasteiger partial charge in [-0.2, -0.15) is 0 Å². The second kappa shape index (κ2) is 11.8. The van der Waals surface area contributed by atoms with Crippen LogP contribution >= 0.6 is 0 Å². The molecule has 0 radical (unpaired) electrons. The molecule has 0 amide bonds. The van der Waals surface area contributed by atoms with Crippen molar-refractivity contribution in [2.75, 3.05) is 19.7 Å². The number of rotatable bonds is 10. The van der Waals surface area contributed by atoms with Crippen LogP contribution in [0, 0.1) is 11.8 Å². The predicted octanol–water partition coefficient (Wildman–Crippen LogP) is 6.18. The van der Waals surface area contributed by atoms with Gasteiger partial charge in [0.05, 0.1) is 5.41 Å². The number of pyridine rings is 1. The second-order valence-electron chi connectivity index (χ2n) is 14.6. The molecule has 230 valence electrons. The molecule has 0 spiro atoms. The number of likely N-dealkylation sites (tertiary alicyclic amines) is 1. The Morgan fingerprint density at radius 2 is 1.91 bits per heavy atom. The lowest BCUT2D eigenvalue weighted by molar-refractivity contribution is 0.0848. The smallest absolute Gasteiger partial charge is 0.279 e. The summed E-state index contributed by atoms with van der Waals surface area (Å²) >= 11 is 0. The van der Waals surface area contributed by atoms with Crippen LogP contribution < -0.4 is 5.56 Å². The van der Waals surface area contributed by atoms with Gasteiger partial charge in [-0.3, -0.25) is 14.3 Å². The SMILES string of the molecule is CC1CC(c2cccc(-n3ccc4cc(CN5CCC[C@H](C)C5)n(COCC[Si](C)(C)C)c4c3=O)c2)(c2nncn2C)C1. The number of aryl methyl sites for hydroxylation is 1. The number of hydrogen-bond acceptors (Lipinski definition) is 5. The first-order chi connectivity index (χ1) is 20.5. The number of benzene rings is 1. The molecule has 4 heterocycles. The lowest BCUT2D eigenvalue weighted by Crippen LogP contribution is -2.43. The number of aromatic nitrogens is 5. The minimum absolute atomic E-state index is 0.00334. The van der Waals surface area contributed by atoms with Crippen LogP contribution in [0.1, 0.15) is 56.6 Å². The Balaban J connectivity index is 1.38. The number of nitrogens with zero attached hydrogens (tertiary/aromatic N) is 6. The summed E-state index contributed by atoms with van der Waals surface area (Å²) in [5.74, 6) is 2.31. The van der Waals surface area contributed by atoms with E-state index in [0.29, 0.717) is 18.6 Å². The third-order valence-electron chi connectivity index (χ3n) is 9.59. The van der Waals surface area contributed by atoms with E-state index in [1.807, 2.05) is 28.4 Å². The Bertz CT molecular complexity index is 1640. The molecule has 1 saturated heterocycles. The quantitative estimate of drug-likeness (QED) is 0.161. The first-order valence-electron chi connectivity index (χ1n) is 16.0. The molecule has 4 aromatic rings. The van der Waals surface area contributed by atoms with Gasteiger partial charge < -0.3 is 13.9 Å². The van der Waals surface area contributed by atoms with Crippen LogP contribution in [0.25, 0.3) is 16.6 Å². The van der Waals surface area contributed by atoms with Crippen LogP contribution in [-0.2, 0) is 30.5 Å². The number of fused-ring (bicyclic) bond motifs is 1. The maximum absolute atomic E-state index is 14.3. The normalized spacial score (nSPS) is 23.1. The fourth-order valence-corrected chi connectivity index (χ4v) is 8.11. The third-order valence-corrected chi connectivity index (χ3v) is 11.3. The molecule has 1 aliphatic carbocycles. The van der Waals surface area contributed by atoms with Gasteiger partial charge in [0.2, 0.25) is 0 Å². The summed E-state index contributed by atoms with van der Waals surface area (Å²) in [6.45, 7) is 15.9. The van der Waals surface area contributed by atoms with Crippen LogP contribution in [-0.4, -0.2) is 56.6 Å². The molecule has 1 saturated carbocycles. The van der Waals surface area contributed by atoms with Crippen molar-refractivity contribution in [3.05, 3.63) is 76.4 Å². The predicted molar refractivity (Wildman–Crippen MR) is 175 cm³/mol. The van der Waals surface area contributed by atoms with Crippen LogP contribution in [0.2, 0.25) is 25.7 Å². The molecule has 3 aromatic heterocycles. The van der Waals surface area contributed by atoms with Crippen molar-refractivity contribution >= 4 is 19.0 Å². The second-order valence-corrected chi connectivity index (χ2v) is 20.2. The van der Waals surface area contributed by atoms with Crippen molar-refractivity contribution in [3.8, 4) is 5.69 Å². The van der Waals surface area contributed by atoms with E-state index in [0.717, 1.165) is 73.2 Å². The maximum Gasteiger partial charge on any atom is 0.279 e. The number of hydrogen-bond donors (Lipinski definition) is 0. The highest BCUT2D eigenvalue weighted by molar-refractivity contribution is 6.76. The number of ether oxygens (including phenoxy) is 1. The molecule has 9 heteroatoms. The Labute approximate surface area is 256 Å². The van der Waals surface area contributed by atoms with Crippen molar-refractivity contribution in [2.24, 2.45) is 18.9 Å². The molecule has 43 heavy (non-hydrogen) atoms. The van der Waals surface area contributed by atoms with E-state index in [9.17, 15) is 4.79 Å². The van der Waals surface area contributed by atoms with Gasteiger partial charge >= 0.3 is 0 Å². The van der Waals surface area contributed by atoms with Gasteiger partial charge in [-0.1, -0.05) is 45.6 Å². The Morgan fingerprint density at radius 3 is 2.60 bits per heavy atom. The summed E-state index contributed by atoms with van der Waals surface area (Å²) in [6, 6.07) is 13.9. The van der Waals surface area contributed by atoms with E-state index in [1.54, 1.807) is 6.33 Å². The highest BCUT2D eigenvalue weighted by Gasteiger charge is 2.48. The third kappa shape index (κ3) is 6.04. The van der Waals surface area contributed by atoms with Gasteiger partial charge in [0.25, 0.3) is 5.56 Å². The molecule has 1 aromatic carbocycles. The molecule has 2 fully saturated rings. The Morgan fingerprint density at radius 1 is 1.09 bits per heavy atom. The zero-order valence-corrected chi connectivity index (χ0v) is 27.8. The molecule has 1 aliphatic heterocycles. The van der Waals surface area contributed by atoms with Crippen molar-refractivity contribution in [3.63, 3.8) is 0 Å². The standard InChI is InChI=1S/C34H48N6O2Si/c1-25-9-8-13-38(21-25)22-30-17-27-12-14-39(32(41)31(27)40(30)24-42-15-16-43(4,5)6)29-11-7-10-28(18-29)34(19-26(2)20-34)33-36-35-23-37(33)3/h7,10-12,14,17-18,23,25-26H,8-9,13,15-16,19-22,24H2,1-6H3/t25-,26?,34?/m0/s1. The molecule has 0 unspecified atom stereocenters. The Hall–Kier alpha value is -3.01. The lowest BCUT2D eigenvalue weighted by Gasteiger charge is -2.46. The van der Waals surface area contributed by atoms with Gasteiger partial charge in [0.1, 0.15) is 24.4 Å². The molecular formula is C34H48N6O2Si. The highest BCUT2D eigenvalue weighted by Crippen LogP contribution is 2.51. The molecule has 6 rings (SSSR count). The average molecular weight is 601 g/mol. The van der Waals surface area contributed by atoms with Crippen LogP contribution in [0.4, 0.5) is 0 Å². The van der Waals surface area contributed by atoms with Gasteiger partial charge in [0.15, 0.2) is 0 Å². The summed E-state index contributed by atoms with van der Waals surface area (Å²) < 4.78 is 12.3. The maximum atomic E-state index is 14.3. The monoisotopic (exact) mass is 600 g/mol. The summed E-state index contributed by atoms with van der Waals surface area (Å²) in [6.07, 6.45) is 8.28. The van der Waals surface area contributed by atoms with E-state index in [2.05, 4.69) is 83.5 Å². The zero-order valence-electron chi connectivity index (χ0n) is 26.8. The fourth-order valence-electron chi connectivity index (χ4n) is 7.35. The summed E-state index contributed by atoms with van der Waals surface area (Å²) in [7, 11) is 0.799. The first-order valence-corrected chi connectivity index (χ1v) is 19.7. The summed E-state index contributed by atoms with van der Waals surface area (Å²) in [5, 5.41) is 9.70. The molecule has 0 bridgehead atoms. The topological polar surface area (TPSA) is 70.1 Å². The molecule has 2 aliphatic rings. The van der Waals surface area contributed by atoms with Crippen molar-refractivity contribution < 1.29 is 4.74 Å². The average Bonchev–Trinajstić information content (AvgIpc) is 3.52. The molecule has 1 atom stereocenters. The Kier molecular flexibility index (Phi) is 8.26. The molecular weight excluding hydrogens is 553 g/mol. The van der Waals surface area contributed by atoms with E-state index in [4.69, 9.17) is 4.74 Å². The van der Waals surface area contributed by atoms with E-state index in [-0.39, 0.29) is 11.0 Å². The fraction of sp³-hybridized carbons (Fsp3) is 0.559. The largest absolute Gasteiger partial charge is 0.361 e. The highest BCUT2D eigenvalue weighted by atomic mass is 28.3. The van der Waals surface area contributed by atoms with Crippen molar-refractivity contribution in [1.82, 2.24) is 28.8 Å². The van der Waals surface area contributed by atoms with Gasteiger partial charge in [-0.25, -0.2) is 0 Å². The zero-order chi connectivity index (χ0) is 30.4. The summed E-state index contributed by atoms with van der Waals surface area (Å²) in [4.78, 5) is 16.9. The van der Waals surface area contributed by atoms with E-state index in [1.165, 1.54) is 18.4 Å². The minimum Gasteiger partial charge on any atom is -0.361 e. The van der Waals surface area contributed by atoms with Gasteiger partial charge in [-0.15, -0.1) is 10.2 Å². The van der Waals surface area contributed by atoms with Crippen molar-refractivity contribution in [2.45, 2.75) is 83.9 Å². The first kappa shape index (κ1) is 30.0. The van der Waals surface area contributed by atoms with Gasteiger partial charge in [-0.05, 0) is 79.9 Å². The van der Waals surface area contributed by atoms with E-state index >= 15 is 0 Å². The minimum atomic E-state index is -1.22. The molecule has 0 N–H and O–H groups in total. The van der Waals surface area contributed by atoms with Crippen molar-refractivity contribution in [1.29, 1.82) is 0 Å². The van der Waals surface area contributed by atoms with E-state index < -0.39 is 8.07 Å². The molecule has 8 nitrogen and oxygen atoms in total. The van der Waals surface area contributed by atoms with Crippen LogP contribution in [0.15, 0.2) is 53.7 Å². The van der Waals surface area contributed by atoms with Gasteiger partial charge in [0, 0.05) is 57.8 Å². The van der Waals surface area contributed by atoms with Crippen LogP contribution in [0.5, 0.6) is 0 Å². The summed E-state index contributed by atoms with van der Waals surface area (Å²) in [5.41, 5.74) is 3.76.